The summed E-state index contributed by atoms with van der Waals surface area (Å²) in [6.45, 7) is 3.98. The zero-order valence-electron chi connectivity index (χ0n) is 12.0. The number of aryl methyl sites for hydroxylation is 1. The Bertz CT molecular complexity index is 737. The Balaban J connectivity index is 2.08. The smallest absolute Gasteiger partial charge is 0.329 e. The molecule has 1 fully saturated rings. The van der Waals surface area contributed by atoms with Crippen molar-refractivity contribution in [3.05, 3.63) is 29.5 Å². The SMILES string of the molecule is Cc1cc(C(=O)N2CCCC2(C)C(=O)O)c2[nH]ncc2c1. The van der Waals surface area contributed by atoms with Gasteiger partial charge in [-0.15, -0.1) is 0 Å². The fraction of sp³-hybridized carbons (Fsp3) is 0.400. The number of aliphatic carboxylic acids is 1. The van der Waals surface area contributed by atoms with Crippen molar-refractivity contribution < 1.29 is 14.7 Å². The molecular weight excluding hydrogens is 270 g/mol. The summed E-state index contributed by atoms with van der Waals surface area (Å²) in [6, 6.07) is 3.72. The van der Waals surface area contributed by atoms with Crippen LogP contribution in [0.4, 0.5) is 0 Å². The highest BCUT2D eigenvalue weighted by molar-refractivity contribution is 6.07. The van der Waals surface area contributed by atoms with E-state index in [9.17, 15) is 14.7 Å². The number of carbonyl (C=O) groups excluding carboxylic acids is 1. The van der Waals surface area contributed by atoms with Crippen molar-refractivity contribution in [3.8, 4) is 0 Å². The van der Waals surface area contributed by atoms with Gasteiger partial charge in [-0.1, -0.05) is 0 Å². The van der Waals surface area contributed by atoms with Gasteiger partial charge in [-0.2, -0.15) is 5.10 Å². The van der Waals surface area contributed by atoms with Gasteiger partial charge in [0.2, 0.25) is 0 Å². The summed E-state index contributed by atoms with van der Waals surface area (Å²) in [5.41, 5.74) is 0.957. The fourth-order valence-corrected chi connectivity index (χ4v) is 3.03. The number of H-pyrrole nitrogens is 1. The molecule has 1 atom stereocenters. The summed E-state index contributed by atoms with van der Waals surface area (Å²) < 4.78 is 0. The van der Waals surface area contributed by atoms with Gasteiger partial charge in [0.05, 0.1) is 17.3 Å². The Morgan fingerprint density at radius 3 is 2.90 bits per heavy atom. The molecule has 0 spiro atoms. The van der Waals surface area contributed by atoms with Crippen LogP contribution in [0.1, 0.15) is 35.7 Å². The highest BCUT2D eigenvalue weighted by Gasteiger charge is 2.46. The average Bonchev–Trinajstić information content (AvgIpc) is 3.03. The molecule has 1 saturated heterocycles. The maximum Gasteiger partial charge on any atom is 0.329 e. The van der Waals surface area contributed by atoms with Crippen molar-refractivity contribution in [2.45, 2.75) is 32.2 Å². The molecule has 110 valence electrons. The molecule has 21 heavy (non-hydrogen) atoms. The first-order valence-electron chi connectivity index (χ1n) is 6.92. The molecule has 6 nitrogen and oxygen atoms in total. The number of likely N-dealkylation sites (tertiary alicyclic amines) is 1. The normalized spacial score (nSPS) is 21.9. The van der Waals surface area contributed by atoms with Gasteiger partial charge in [0, 0.05) is 11.9 Å². The van der Waals surface area contributed by atoms with Gasteiger partial charge in [-0.3, -0.25) is 9.89 Å². The van der Waals surface area contributed by atoms with Gasteiger partial charge in [-0.05, 0) is 44.4 Å². The topological polar surface area (TPSA) is 86.3 Å². The second-order valence-corrected chi connectivity index (χ2v) is 5.79. The zero-order valence-corrected chi connectivity index (χ0v) is 12.0. The number of carbonyl (C=O) groups is 2. The van der Waals surface area contributed by atoms with E-state index >= 15 is 0 Å². The molecule has 2 N–H and O–H groups in total. The highest BCUT2D eigenvalue weighted by atomic mass is 16.4. The minimum absolute atomic E-state index is 0.254. The summed E-state index contributed by atoms with van der Waals surface area (Å²) in [5, 5.41) is 17.1. The summed E-state index contributed by atoms with van der Waals surface area (Å²) >= 11 is 0. The van der Waals surface area contributed by atoms with Crippen LogP contribution in [-0.2, 0) is 4.79 Å². The number of carboxylic acids is 1. The predicted octanol–water partition coefficient (Wildman–Crippen LogP) is 1.95. The van der Waals surface area contributed by atoms with Gasteiger partial charge in [-0.25, -0.2) is 4.79 Å². The molecule has 0 bridgehead atoms. The summed E-state index contributed by atoms with van der Waals surface area (Å²) in [6.07, 6.45) is 2.85. The van der Waals surface area contributed by atoms with E-state index < -0.39 is 11.5 Å². The van der Waals surface area contributed by atoms with E-state index in [0.717, 1.165) is 10.9 Å². The Morgan fingerprint density at radius 2 is 2.19 bits per heavy atom. The maximum absolute atomic E-state index is 12.8. The predicted molar refractivity (Wildman–Crippen MR) is 77.1 cm³/mol. The third kappa shape index (κ3) is 1.98. The molecule has 0 radical (unpaired) electrons. The van der Waals surface area contributed by atoms with Crippen LogP contribution in [0.3, 0.4) is 0 Å². The van der Waals surface area contributed by atoms with Crippen LogP contribution in [0.2, 0.25) is 0 Å². The van der Waals surface area contributed by atoms with Crippen LogP contribution in [-0.4, -0.2) is 44.2 Å². The van der Waals surface area contributed by atoms with Crippen LogP contribution in [0, 0.1) is 6.92 Å². The first kappa shape index (κ1) is 13.6. The van der Waals surface area contributed by atoms with E-state index in [1.807, 2.05) is 13.0 Å². The first-order chi connectivity index (χ1) is 9.93. The number of nitrogens with one attached hydrogen (secondary N) is 1. The van der Waals surface area contributed by atoms with Crippen LogP contribution < -0.4 is 0 Å². The second-order valence-electron chi connectivity index (χ2n) is 5.79. The maximum atomic E-state index is 12.8. The minimum atomic E-state index is -1.13. The van der Waals surface area contributed by atoms with Crippen molar-refractivity contribution in [3.63, 3.8) is 0 Å². The number of benzene rings is 1. The number of rotatable bonds is 2. The Kier molecular flexibility index (Phi) is 2.97. The van der Waals surface area contributed by atoms with Crippen molar-refractivity contribution in [1.29, 1.82) is 0 Å². The molecule has 2 aromatic rings. The number of nitrogens with zero attached hydrogens (tertiary/aromatic N) is 2. The van der Waals surface area contributed by atoms with E-state index in [-0.39, 0.29) is 5.91 Å². The Hall–Kier alpha value is -2.37. The van der Waals surface area contributed by atoms with E-state index in [0.29, 0.717) is 30.5 Å². The van der Waals surface area contributed by atoms with Gasteiger partial charge in [0.15, 0.2) is 0 Å². The third-order valence-corrected chi connectivity index (χ3v) is 4.27. The number of hydrogen-bond donors (Lipinski definition) is 2. The van der Waals surface area contributed by atoms with E-state index in [1.165, 1.54) is 4.90 Å². The van der Waals surface area contributed by atoms with Gasteiger partial charge < -0.3 is 10.0 Å². The number of carboxylic acid groups (broad SMARTS) is 1. The van der Waals surface area contributed by atoms with Gasteiger partial charge >= 0.3 is 5.97 Å². The number of aromatic amines is 1. The number of amides is 1. The first-order valence-corrected chi connectivity index (χ1v) is 6.92. The molecule has 1 unspecified atom stereocenters. The molecule has 1 aromatic heterocycles. The van der Waals surface area contributed by atoms with Crippen molar-refractivity contribution in [2.24, 2.45) is 0 Å². The monoisotopic (exact) mass is 287 g/mol. The quantitative estimate of drug-likeness (QED) is 0.884. The largest absolute Gasteiger partial charge is 0.480 e. The Labute approximate surface area is 121 Å². The molecule has 1 aromatic carbocycles. The second kappa shape index (κ2) is 4.58. The third-order valence-electron chi connectivity index (χ3n) is 4.27. The lowest BCUT2D eigenvalue weighted by atomic mass is 9.98. The van der Waals surface area contributed by atoms with Gasteiger partial charge in [0.25, 0.3) is 5.91 Å². The molecular formula is C15H17N3O3. The van der Waals surface area contributed by atoms with E-state index in [4.69, 9.17) is 0 Å². The van der Waals surface area contributed by atoms with Crippen LogP contribution >= 0.6 is 0 Å². The van der Waals surface area contributed by atoms with Crippen molar-refractivity contribution in [2.75, 3.05) is 6.54 Å². The number of aromatic nitrogens is 2. The molecule has 2 heterocycles. The summed E-state index contributed by atoms with van der Waals surface area (Å²) in [4.78, 5) is 25.8. The summed E-state index contributed by atoms with van der Waals surface area (Å²) in [7, 11) is 0. The standard InChI is InChI=1S/C15H17N3O3/c1-9-6-10-8-16-17-12(10)11(7-9)13(19)18-5-3-4-15(18,2)14(20)21/h6-8H,3-5H2,1-2H3,(H,16,17)(H,20,21). The molecule has 6 heteroatoms. The lowest BCUT2D eigenvalue weighted by Crippen LogP contribution is -2.50. The lowest BCUT2D eigenvalue weighted by molar-refractivity contribution is -0.147. The molecule has 0 aliphatic carbocycles. The molecule has 1 aliphatic heterocycles. The number of fused-ring (bicyclic) bond motifs is 1. The number of hydrogen-bond acceptors (Lipinski definition) is 3. The highest BCUT2D eigenvalue weighted by Crippen LogP contribution is 2.32. The molecule has 1 amide bonds. The van der Waals surface area contributed by atoms with Gasteiger partial charge in [0.1, 0.15) is 5.54 Å². The van der Waals surface area contributed by atoms with Crippen LogP contribution in [0.25, 0.3) is 10.9 Å². The van der Waals surface area contributed by atoms with E-state index in [2.05, 4.69) is 10.2 Å². The molecule has 3 rings (SSSR count). The minimum Gasteiger partial charge on any atom is -0.480 e. The Morgan fingerprint density at radius 1 is 1.43 bits per heavy atom. The van der Waals surface area contributed by atoms with E-state index in [1.54, 1.807) is 19.2 Å². The summed E-state index contributed by atoms with van der Waals surface area (Å²) in [5.74, 6) is -1.21. The zero-order chi connectivity index (χ0) is 15.2. The fourth-order valence-electron chi connectivity index (χ4n) is 3.03. The molecule has 1 aliphatic rings. The average molecular weight is 287 g/mol. The molecule has 0 saturated carbocycles. The lowest BCUT2D eigenvalue weighted by Gasteiger charge is -2.31. The van der Waals surface area contributed by atoms with Crippen molar-refractivity contribution in [1.82, 2.24) is 15.1 Å². The van der Waals surface area contributed by atoms with Crippen LogP contribution in [0.15, 0.2) is 18.3 Å². The van der Waals surface area contributed by atoms with Crippen LogP contribution in [0.5, 0.6) is 0 Å². The van der Waals surface area contributed by atoms with Crippen molar-refractivity contribution >= 4 is 22.8 Å².